The first-order valence-electron chi connectivity index (χ1n) is 7.65. The minimum absolute atomic E-state index is 0.939. The van der Waals surface area contributed by atoms with Gasteiger partial charge in [0.1, 0.15) is 0 Å². The summed E-state index contributed by atoms with van der Waals surface area (Å²) < 4.78 is 5.61. The molecule has 0 heterocycles. The van der Waals surface area contributed by atoms with Crippen molar-refractivity contribution in [2.24, 2.45) is 0 Å². The van der Waals surface area contributed by atoms with Crippen molar-refractivity contribution in [2.45, 2.75) is 65.7 Å². The zero-order valence-electron chi connectivity index (χ0n) is 12.3. The third-order valence-corrected chi connectivity index (χ3v) is 3.06. The second kappa shape index (κ2) is 14.0. The average Bonchev–Trinajstić information content (AvgIpc) is 2.35. The Morgan fingerprint density at radius 1 is 0.647 bits per heavy atom. The second-order valence-electron chi connectivity index (χ2n) is 4.87. The van der Waals surface area contributed by atoms with Crippen LogP contribution in [0.25, 0.3) is 0 Å². The molecule has 0 atom stereocenters. The molecular weight excluding hydrogens is 210 g/mol. The molecule has 0 rings (SSSR count). The highest BCUT2D eigenvalue weighted by molar-refractivity contribution is 4.57. The Bertz CT molecular complexity index is 131. The molecule has 0 aliphatic rings. The molecule has 2 heteroatoms. The summed E-state index contributed by atoms with van der Waals surface area (Å²) >= 11 is 0. The van der Waals surface area contributed by atoms with Gasteiger partial charge in [-0.3, -0.25) is 0 Å². The van der Waals surface area contributed by atoms with Gasteiger partial charge in [-0.2, -0.15) is 0 Å². The van der Waals surface area contributed by atoms with Crippen molar-refractivity contribution in [3.63, 3.8) is 0 Å². The van der Waals surface area contributed by atoms with Gasteiger partial charge >= 0.3 is 0 Å². The van der Waals surface area contributed by atoms with Gasteiger partial charge in [0.05, 0.1) is 0 Å². The summed E-state index contributed by atoms with van der Waals surface area (Å²) in [6.45, 7) is 12.4. The topological polar surface area (TPSA) is 12.5 Å². The molecule has 0 aliphatic heterocycles. The zero-order valence-corrected chi connectivity index (χ0v) is 12.3. The molecule has 0 amide bonds. The lowest BCUT2D eigenvalue weighted by Crippen LogP contribution is -2.28. The molecule has 0 aromatic rings. The Hall–Kier alpha value is -0.0800. The summed E-state index contributed by atoms with van der Waals surface area (Å²) in [5, 5.41) is 0. The highest BCUT2D eigenvalue weighted by Gasteiger charge is 2.03. The van der Waals surface area contributed by atoms with Crippen LogP contribution in [0.15, 0.2) is 0 Å². The van der Waals surface area contributed by atoms with Gasteiger partial charge in [0, 0.05) is 19.8 Å². The minimum Gasteiger partial charge on any atom is -0.381 e. The Morgan fingerprint density at radius 2 is 1.12 bits per heavy atom. The van der Waals surface area contributed by atoms with Crippen LogP contribution >= 0.6 is 0 Å². The normalized spacial score (nSPS) is 11.3. The number of unbranched alkanes of at least 4 members (excludes halogenated alkanes) is 3. The minimum atomic E-state index is 0.939. The first kappa shape index (κ1) is 16.9. The van der Waals surface area contributed by atoms with E-state index in [1.165, 1.54) is 64.6 Å². The summed E-state index contributed by atoms with van der Waals surface area (Å²) in [5.74, 6) is 0. The van der Waals surface area contributed by atoms with E-state index < -0.39 is 0 Å². The number of rotatable bonds is 13. The van der Waals surface area contributed by atoms with E-state index in [0.717, 1.165) is 13.2 Å². The average molecular weight is 243 g/mol. The molecular formula is C15H33NO. The van der Waals surface area contributed by atoms with Crippen LogP contribution in [-0.4, -0.2) is 37.7 Å². The molecule has 0 aromatic carbocycles. The molecule has 0 aromatic heterocycles. The molecule has 0 radical (unpaired) electrons. The highest BCUT2D eigenvalue weighted by atomic mass is 16.5. The molecule has 0 fully saturated rings. The van der Waals surface area contributed by atoms with E-state index in [0.29, 0.717) is 0 Å². The quantitative estimate of drug-likeness (QED) is 0.452. The van der Waals surface area contributed by atoms with E-state index in [-0.39, 0.29) is 0 Å². The monoisotopic (exact) mass is 243 g/mol. The van der Waals surface area contributed by atoms with Crippen molar-refractivity contribution in [3.8, 4) is 0 Å². The van der Waals surface area contributed by atoms with E-state index >= 15 is 0 Å². The molecule has 0 N–H and O–H groups in total. The Balaban J connectivity index is 3.45. The molecule has 0 saturated heterocycles. The molecule has 0 aliphatic carbocycles. The summed E-state index contributed by atoms with van der Waals surface area (Å²) in [5.41, 5.74) is 0. The highest BCUT2D eigenvalue weighted by Crippen LogP contribution is 2.01. The summed E-state index contributed by atoms with van der Waals surface area (Å²) in [7, 11) is 0. The first-order valence-corrected chi connectivity index (χ1v) is 7.65. The Morgan fingerprint density at radius 3 is 1.65 bits per heavy atom. The third-order valence-electron chi connectivity index (χ3n) is 3.06. The molecule has 17 heavy (non-hydrogen) atoms. The van der Waals surface area contributed by atoms with Gasteiger partial charge in [-0.05, 0) is 38.8 Å². The van der Waals surface area contributed by atoms with Gasteiger partial charge in [-0.1, -0.05) is 40.0 Å². The van der Waals surface area contributed by atoms with Crippen LogP contribution in [0, 0.1) is 0 Å². The Labute approximate surface area is 109 Å². The van der Waals surface area contributed by atoms with Crippen LogP contribution in [0.4, 0.5) is 0 Å². The number of ether oxygens (including phenoxy) is 1. The largest absolute Gasteiger partial charge is 0.381 e. The Kier molecular flexibility index (Phi) is 13.9. The van der Waals surface area contributed by atoms with Gasteiger partial charge in [0.25, 0.3) is 0 Å². The van der Waals surface area contributed by atoms with Crippen molar-refractivity contribution in [1.82, 2.24) is 4.90 Å². The van der Waals surface area contributed by atoms with Crippen LogP contribution in [-0.2, 0) is 4.74 Å². The number of nitrogens with zero attached hydrogens (tertiary/aromatic N) is 1. The SMILES string of the molecule is CCCCOCCCN(CCCC)CCCC. The number of hydrogen-bond acceptors (Lipinski definition) is 2. The molecule has 0 spiro atoms. The van der Waals surface area contributed by atoms with Gasteiger partial charge in [0.15, 0.2) is 0 Å². The standard InChI is InChI=1S/C15H33NO/c1-4-7-11-16(12-8-5-2)13-10-15-17-14-9-6-3/h4-15H2,1-3H3. The predicted molar refractivity (Wildman–Crippen MR) is 76.6 cm³/mol. The van der Waals surface area contributed by atoms with Crippen molar-refractivity contribution < 1.29 is 4.74 Å². The molecule has 104 valence electrons. The van der Waals surface area contributed by atoms with Crippen LogP contribution in [0.1, 0.15) is 65.7 Å². The van der Waals surface area contributed by atoms with Gasteiger partial charge in [-0.25, -0.2) is 0 Å². The maximum atomic E-state index is 5.61. The van der Waals surface area contributed by atoms with Gasteiger partial charge in [-0.15, -0.1) is 0 Å². The van der Waals surface area contributed by atoms with Crippen LogP contribution < -0.4 is 0 Å². The van der Waals surface area contributed by atoms with Gasteiger partial charge < -0.3 is 9.64 Å². The van der Waals surface area contributed by atoms with Crippen LogP contribution in [0.5, 0.6) is 0 Å². The number of hydrogen-bond donors (Lipinski definition) is 0. The first-order chi connectivity index (χ1) is 8.35. The van der Waals surface area contributed by atoms with Crippen molar-refractivity contribution >= 4 is 0 Å². The van der Waals surface area contributed by atoms with E-state index in [2.05, 4.69) is 25.7 Å². The summed E-state index contributed by atoms with van der Waals surface area (Å²) in [4.78, 5) is 2.61. The fourth-order valence-corrected chi connectivity index (χ4v) is 1.84. The lowest BCUT2D eigenvalue weighted by molar-refractivity contribution is 0.117. The van der Waals surface area contributed by atoms with E-state index in [1.54, 1.807) is 0 Å². The lowest BCUT2D eigenvalue weighted by atomic mass is 10.2. The molecule has 0 bridgehead atoms. The maximum Gasteiger partial charge on any atom is 0.0478 e. The van der Waals surface area contributed by atoms with Crippen molar-refractivity contribution in [1.29, 1.82) is 0 Å². The lowest BCUT2D eigenvalue weighted by Gasteiger charge is -2.21. The van der Waals surface area contributed by atoms with Crippen LogP contribution in [0.3, 0.4) is 0 Å². The van der Waals surface area contributed by atoms with Crippen molar-refractivity contribution in [2.75, 3.05) is 32.8 Å². The third kappa shape index (κ3) is 12.2. The van der Waals surface area contributed by atoms with Gasteiger partial charge in [0.2, 0.25) is 0 Å². The molecule has 0 saturated carbocycles. The van der Waals surface area contributed by atoms with E-state index in [9.17, 15) is 0 Å². The van der Waals surface area contributed by atoms with E-state index in [1.807, 2.05) is 0 Å². The smallest absolute Gasteiger partial charge is 0.0478 e. The zero-order chi connectivity index (χ0) is 12.8. The summed E-state index contributed by atoms with van der Waals surface area (Å²) in [6, 6.07) is 0. The van der Waals surface area contributed by atoms with Crippen LogP contribution in [0.2, 0.25) is 0 Å². The fraction of sp³-hybridized carbons (Fsp3) is 1.00. The predicted octanol–water partition coefficient (Wildman–Crippen LogP) is 4.10. The fourth-order valence-electron chi connectivity index (χ4n) is 1.84. The second-order valence-corrected chi connectivity index (χ2v) is 4.87. The molecule has 2 nitrogen and oxygen atoms in total. The summed E-state index contributed by atoms with van der Waals surface area (Å²) in [6.07, 6.45) is 8.90. The maximum absolute atomic E-state index is 5.61. The van der Waals surface area contributed by atoms with Crippen molar-refractivity contribution in [3.05, 3.63) is 0 Å². The molecule has 0 unspecified atom stereocenters. The van der Waals surface area contributed by atoms with E-state index in [4.69, 9.17) is 4.74 Å².